The van der Waals surface area contributed by atoms with E-state index in [1.807, 2.05) is 30.3 Å². The lowest BCUT2D eigenvalue weighted by atomic mass is 10.2. The number of hydrogen-bond acceptors (Lipinski definition) is 7. The summed E-state index contributed by atoms with van der Waals surface area (Å²) in [5, 5.41) is 3.77. The number of nitrogens with one attached hydrogen (secondary N) is 1. The number of carbonyl (C=O) groups excluding carboxylic acids is 2. The molecule has 9 heteroatoms. The first-order chi connectivity index (χ1) is 15.7. The Hall–Kier alpha value is -3.46. The summed E-state index contributed by atoms with van der Waals surface area (Å²) in [5.74, 6) is 0.305. The molecule has 9 nitrogen and oxygen atoms in total. The molecular formula is C23H28N6O3. The third-order valence-corrected chi connectivity index (χ3v) is 5.69. The SMILES string of the molecule is COC(=O)c1cn(CC(=O)NCCCN2CCN(c3ncccn3)CC2)c2ccccc12. The minimum Gasteiger partial charge on any atom is -0.465 e. The number of benzene rings is 1. The number of anilines is 1. The highest BCUT2D eigenvalue weighted by Gasteiger charge is 2.19. The Labute approximate surface area is 187 Å². The van der Waals surface area contributed by atoms with Crippen LogP contribution in [0.1, 0.15) is 16.8 Å². The molecule has 1 aromatic carbocycles. The van der Waals surface area contributed by atoms with Gasteiger partial charge in [-0.25, -0.2) is 14.8 Å². The van der Waals surface area contributed by atoms with Crippen LogP contribution in [-0.2, 0) is 16.1 Å². The van der Waals surface area contributed by atoms with Crippen molar-refractivity contribution >= 4 is 28.7 Å². The molecule has 0 atom stereocenters. The molecule has 1 fully saturated rings. The number of hydrogen-bond donors (Lipinski definition) is 1. The summed E-state index contributed by atoms with van der Waals surface area (Å²) in [6.07, 6.45) is 6.10. The van der Waals surface area contributed by atoms with Crippen molar-refractivity contribution in [1.82, 2.24) is 24.8 Å². The van der Waals surface area contributed by atoms with Crippen LogP contribution in [0.2, 0.25) is 0 Å². The fourth-order valence-corrected chi connectivity index (χ4v) is 4.02. The van der Waals surface area contributed by atoms with Gasteiger partial charge in [-0.05, 0) is 25.1 Å². The van der Waals surface area contributed by atoms with Gasteiger partial charge in [0.25, 0.3) is 0 Å². The van der Waals surface area contributed by atoms with Crippen LogP contribution >= 0.6 is 0 Å². The van der Waals surface area contributed by atoms with Gasteiger partial charge >= 0.3 is 5.97 Å². The third kappa shape index (κ3) is 5.05. The number of carbonyl (C=O) groups is 2. The van der Waals surface area contributed by atoms with Crippen LogP contribution < -0.4 is 10.2 Å². The maximum atomic E-state index is 12.5. The van der Waals surface area contributed by atoms with Crippen LogP contribution in [0.5, 0.6) is 0 Å². The van der Waals surface area contributed by atoms with E-state index in [4.69, 9.17) is 4.74 Å². The molecule has 1 amide bonds. The van der Waals surface area contributed by atoms with E-state index in [1.165, 1.54) is 7.11 Å². The highest BCUT2D eigenvalue weighted by atomic mass is 16.5. The van der Waals surface area contributed by atoms with Crippen molar-refractivity contribution < 1.29 is 14.3 Å². The summed E-state index contributed by atoms with van der Waals surface area (Å²) in [6.45, 7) is 5.43. The lowest BCUT2D eigenvalue weighted by molar-refractivity contribution is -0.121. The first kappa shape index (κ1) is 21.8. The van der Waals surface area contributed by atoms with E-state index in [0.29, 0.717) is 12.1 Å². The Morgan fingerprint density at radius 3 is 2.56 bits per heavy atom. The molecule has 1 N–H and O–H groups in total. The summed E-state index contributed by atoms with van der Waals surface area (Å²) in [4.78, 5) is 37.7. The van der Waals surface area contributed by atoms with E-state index in [9.17, 15) is 9.59 Å². The fraction of sp³-hybridized carbons (Fsp3) is 0.391. The number of methoxy groups -OCH3 is 1. The average molecular weight is 437 g/mol. The number of ether oxygens (including phenoxy) is 1. The Kier molecular flexibility index (Phi) is 6.96. The zero-order chi connectivity index (χ0) is 22.3. The fourth-order valence-electron chi connectivity index (χ4n) is 4.02. The van der Waals surface area contributed by atoms with Gasteiger partial charge in [-0.3, -0.25) is 9.69 Å². The second-order valence-electron chi connectivity index (χ2n) is 7.76. The van der Waals surface area contributed by atoms with Crippen molar-refractivity contribution in [2.75, 3.05) is 51.3 Å². The largest absolute Gasteiger partial charge is 0.465 e. The van der Waals surface area contributed by atoms with Gasteiger partial charge in [0.15, 0.2) is 0 Å². The molecule has 32 heavy (non-hydrogen) atoms. The zero-order valence-corrected chi connectivity index (χ0v) is 18.2. The van der Waals surface area contributed by atoms with Gasteiger partial charge in [-0.2, -0.15) is 0 Å². The Morgan fingerprint density at radius 2 is 1.81 bits per heavy atom. The molecule has 2 aromatic heterocycles. The van der Waals surface area contributed by atoms with Crippen molar-refractivity contribution in [1.29, 1.82) is 0 Å². The molecular weight excluding hydrogens is 408 g/mol. The summed E-state index contributed by atoms with van der Waals surface area (Å²) in [6, 6.07) is 9.34. The van der Waals surface area contributed by atoms with Crippen LogP contribution in [0, 0.1) is 0 Å². The highest BCUT2D eigenvalue weighted by Crippen LogP contribution is 2.22. The van der Waals surface area contributed by atoms with Crippen LogP contribution in [0.4, 0.5) is 5.95 Å². The number of rotatable bonds is 8. The van der Waals surface area contributed by atoms with E-state index in [2.05, 4.69) is 25.1 Å². The molecule has 4 rings (SSSR count). The van der Waals surface area contributed by atoms with E-state index in [1.54, 1.807) is 23.2 Å². The monoisotopic (exact) mass is 436 g/mol. The molecule has 1 aliphatic rings. The van der Waals surface area contributed by atoms with E-state index >= 15 is 0 Å². The van der Waals surface area contributed by atoms with Gasteiger partial charge in [0.1, 0.15) is 6.54 Å². The number of esters is 1. The molecule has 3 aromatic rings. The summed E-state index contributed by atoms with van der Waals surface area (Å²) in [7, 11) is 1.36. The second-order valence-corrected chi connectivity index (χ2v) is 7.76. The molecule has 0 aliphatic carbocycles. The molecule has 0 saturated carbocycles. The second kappa shape index (κ2) is 10.2. The lowest BCUT2D eigenvalue weighted by Crippen LogP contribution is -2.47. The average Bonchev–Trinajstić information content (AvgIpc) is 3.20. The van der Waals surface area contributed by atoms with Crippen molar-refractivity contribution in [3.8, 4) is 0 Å². The van der Waals surface area contributed by atoms with Gasteiger partial charge in [0.05, 0.1) is 12.7 Å². The molecule has 0 radical (unpaired) electrons. The van der Waals surface area contributed by atoms with Gasteiger partial charge in [-0.1, -0.05) is 18.2 Å². The van der Waals surface area contributed by atoms with Crippen molar-refractivity contribution in [2.45, 2.75) is 13.0 Å². The minimum atomic E-state index is -0.403. The molecule has 1 saturated heterocycles. The number of amides is 1. The molecule has 3 heterocycles. The van der Waals surface area contributed by atoms with Gasteiger partial charge < -0.3 is 19.5 Å². The molecule has 0 bridgehead atoms. The van der Waals surface area contributed by atoms with Crippen LogP contribution in [-0.4, -0.2) is 77.7 Å². The number of aromatic nitrogens is 3. The van der Waals surface area contributed by atoms with Crippen LogP contribution in [0.3, 0.4) is 0 Å². The number of fused-ring (bicyclic) bond motifs is 1. The number of piperazine rings is 1. The molecule has 0 spiro atoms. The minimum absolute atomic E-state index is 0.0757. The normalized spacial score (nSPS) is 14.5. The molecule has 1 aliphatic heterocycles. The first-order valence-corrected chi connectivity index (χ1v) is 10.8. The van der Waals surface area contributed by atoms with Crippen molar-refractivity contribution in [3.63, 3.8) is 0 Å². The number of nitrogens with zero attached hydrogens (tertiary/aromatic N) is 5. The summed E-state index contributed by atoms with van der Waals surface area (Å²) >= 11 is 0. The van der Waals surface area contributed by atoms with Gasteiger partial charge in [-0.15, -0.1) is 0 Å². The van der Waals surface area contributed by atoms with Gasteiger partial charge in [0, 0.05) is 62.2 Å². The lowest BCUT2D eigenvalue weighted by Gasteiger charge is -2.34. The number of para-hydroxylation sites is 1. The van der Waals surface area contributed by atoms with E-state index < -0.39 is 5.97 Å². The smallest absolute Gasteiger partial charge is 0.340 e. The summed E-state index contributed by atoms with van der Waals surface area (Å²) < 4.78 is 6.66. The first-order valence-electron chi connectivity index (χ1n) is 10.8. The van der Waals surface area contributed by atoms with Gasteiger partial charge in [0.2, 0.25) is 11.9 Å². The van der Waals surface area contributed by atoms with Crippen molar-refractivity contribution in [2.24, 2.45) is 0 Å². The molecule has 168 valence electrons. The standard InChI is InChI=1S/C23H28N6O3/c1-32-22(31)19-16-29(20-7-3-2-6-18(19)20)17-21(30)24-10-5-11-27-12-14-28(15-13-27)23-25-8-4-9-26-23/h2-4,6-9,16H,5,10-15,17H2,1H3,(H,24,30). The Bertz CT molecular complexity index is 1060. The quantitative estimate of drug-likeness (QED) is 0.423. The predicted octanol–water partition coefficient (Wildman–Crippen LogP) is 1.55. The Balaban J connectivity index is 1.21. The van der Waals surface area contributed by atoms with Crippen LogP contribution in [0.15, 0.2) is 48.9 Å². The highest BCUT2D eigenvalue weighted by molar-refractivity contribution is 6.04. The maximum absolute atomic E-state index is 12.5. The Morgan fingerprint density at radius 1 is 1.06 bits per heavy atom. The third-order valence-electron chi connectivity index (χ3n) is 5.69. The molecule has 0 unspecified atom stereocenters. The topological polar surface area (TPSA) is 92.6 Å². The maximum Gasteiger partial charge on any atom is 0.340 e. The van der Waals surface area contributed by atoms with Crippen molar-refractivity contribution in [3.05, 3.63) is 54.5 Å². The van der Waals surface area contributed by atoms with E-state index in [0.717, 1.165) is 56.0 Å². The summed E-state index contributed by atoms with van der Waals surface area (Å²) in [5.41, 5.74) is 1.30. The predicted molar refractivity (Wildman–Crippen MR) is 122 cm³/mol. The van der Waals surface area contributed by atoms with E-state index in [-0.39, 0.29) is 12.5 Å². The van der Waals surface area contributed by atoms with Crippen LogP contribution in [0.25, 0.3) is 10.9 Å². The zero-order valence-electron chi connectivity index (χ0n) is 18.2.